The summed E-state index contributed by atoms with van der Waals surface area (Å²) < 4.78 is 5.52. The van der Waals surface area contributed by atoms with E-state index in [1.807, 2.05) is 6.92 Å². The Morgan fingerprint density at radius 2 is 2.42 bits per heavy atom. The van der Waals surface area contributed by atoms with Crippen molar-refractivity contribution in [3.8, 4) is 0 Å². The quantitative estimate of drug-likeness (QED) is 0.669. The molecule has 0 radical (unpaired) electrons. The lowest BCUT2D eigenvalue weighted by Gasteiger charge is -2.21. The van der Waals surface area contributed by atoms with Gasteiger partial charge in [0.05, 0.1) is 6.10 Å². The number of rotatable bonds is 4. The second kappa shape index (κ2) is 4.80. The van der Waals surface area contributed by atoms with Crippen molar-refractivity contribution in [3.05, 3.63) is 0 Å². The minimum Gasteiger partial charge on any atom is -0.377 e. The lowest BCUT2D eigenvalue weighted by molar-refractivity contribution is 0.0801. The fraction of sp³-hybridized carbons (Fsp3) is 1.00. The molecule has 1 fully saturated rings. The number of ether oxygens (including phenoxy) is 1. The Morgan fingerprint density at radius 3 is 2.92 bits per heavy atom. The van der Waals surface area contributed by atoms with E-state index in [-0.39, 0.29) is 6.04 Å². The Balaban J connectivity index is 2.11. The first-order valence-electron chi connectivity index (χ1n) is 4.74. The third-order valence-corrected chi connectivity index (χ3v) is 2.14. The summed E-state index contributed by atoms with van der Waals surface area (Å²) in [6.07, 6.45) is 2.88. The van der Waals surface area contributed by atoms with Gasteiger partial charge in [-0.2, -0.15) is 0 Å². The largest absolute Gasteiger partial charge is 0.377 e. The first kappa shape index (κ1) is 9.96. The molecule has 3 heteroatoms. The van der Waals surface area contributed by atoms with Crippen LogP contribution in [0.25, 0.3) is 0 Å². The molecule has 0 bridgehead atoms. The predicted molar refractivity (Wildman–Crippen MR) is 50.1 cm³/mol. The van der Waals surface area contributed by atoms with Crippen molar-refractivity contribution in [2.45, 2.75) is 31.9 Å². The molecule has 1 rings (SSSR count). The Morgan fingerprint density at radius 1 is 1.67 bits per heavy atom. The van der Waals surface area contributed by atoms with Crippen molar-refractivity contribution in [3.63, 3.8) is 0 Å². The van der Waals surface area contributed by atoms with Crippen molar-refractivity contribution < 1.29 is 4.74 Å². The number of nitrogens with zero attached hydrogens (tertiary/aromatic N) is 1. The molecule has 72 valence electrons. The van der Waals surface area contributed by atoms with Crippen LogP contribution in [0.2, 0.25) is 0 Å². The molecule has 0 aromatic carbocycles. The maximum atomic E-state index is 5.69. The molecule has 0 aliphatic carbocycles. The van der Waals surface area contributed by atoms with Crippen molar-refractivity contribution in [2.24, 2.45) is 5.73 Å². The van der Waals surface area contributed by atoms with Gasteiger partial charge in [-0.3, -0.25) is 0 Å². The van der Waals surface area contributed by atoms with Crippen molar-refractivity contribution in [1.82, 2.24) is 4.90 Å². The molecule has 0 saturated carbocycles. The van der Waals surface area contributed by atoms with Gasteiger partial charge in [-0.1, -0.05) is 0 Å². The van der Waals surface area contributed by atoms with E-state index in [9.17, 15) is 0 Å². The summed E-state index contributed by atoms with van der Waals surface area (Å²) in [7, 11) is 2.10. The van der Waals surface area contributed by atoms with Crippen LogP contribution in [0.4, 0.5) is 0 Å². The molecule has 1 heterocycles. The first-order chi connectivity index (χ1) is 5.68. The van der Waals surface area contributed by atoms with Crippen molar-refractivity contribution in [1.29, 1.82) is 0 Å². The maximum absolute atomic E-state index is 5.69. The van der Waals surface area contributed by atoms with Crippen LogP contribution in [0.5, 0.6) is 0 Å². The SMILES string of the molecule is CC(N)CN(C)CC1CCCO1. The summed E-state index contributed by atoms with van der Waals surface area (Å²) >= 11 is 0. The van der Waals surface area contributed by atoms with Crippen LogP contribution in [0.1, 0.15) is 19.8 Å². The molecular formula is C9H20N2O. The van der Waals surface area contributed by atoms with Crippen molar-refractivity contribution >= 4 is 0 Å². The van der Waals surface area contributed by atoms with Crippen LogP contribution in [0.15, 0.2) is 0 Å². The highest BCUT2D eigenvalue weighted by molar-refractivity contribution is 4.70. The standard InChI is InChI=1S/C9H20N2O/c1-8(10)6-11(2)7-9-4-3-5-12-9/h8-9H,3-7,10H2,1-2H3. The molecule has 12 heavy (non-hydrogen) atoms. The zero-order valence-electron chi connectivity index (χ0n) is 8.12. The topological polar surface area (TPSA) is 38.5 Å². The van der Waals surface area contributed by atoms with E-state index >= 15 is 0 Å². The summed E-state index contributed by atoms with van der Waals surface area (Å²) in [5, 5.41) is 0. The van der Waals surface area contributed by atoms with E-state index in [0.717, 1.165) is 19.7 Å². The van der Waals surface area contributed by atoms with Gasteiger partial charge in [-0.05, 0) is 26.8 Å². The third-order valence-electron chi connectivity index (χ3n) is 2.14. The second-order valence-electron chi connectivity index (χ2n) is 3.83. The lowest BCUT2D eigenvalue weighted by Crippen LogP contribution is -2.37. The average molecular weight is 172 g/mol. The number of nitrogens with two attached hydrogens (primary N) is 1. The Labute approximate surface area is 74.9 Å². The molecule has 2 atom stereocenters. The van der Waals surface area contributed by atoms with Crippen LogP contribution in [-0.4, -0.2) is 43.8 Å². The molecule has 3 nitrogen and oxygen atoms in total. The third kappa shape index (κ3) is 3.52. The van der Waals surface area contributed by atoms with Crippen LogP contribution in [-0.2, 0) is 4.74 Å². The average Bonchev–Trinajstić information content (AvgIpc) is 2.37. The zero-order valence-corrected chi connectivity index (χ0v) is 8.12. The van der Waals surface area contributed by atoms with Crippen LogP contribution >= 0.6 is 0 Å². The van der Waals surface area contributed by atoms with Gasteiger partial charge < -0.3 is 15.4 Å². The number of likely N-dealkylation sites (N-methyl/N-ethyl adjacent to an activating group) is 1. The Kier molecular flexibility index (Phi) is 3.98. The minimum absolute atomic E-state index is 0.261. The fourth-order valence-corrected chi connectivity index (χ4v) is 1.70. The highest BCUT2D eigenvalue weighted by Crippen LogP contribution is 2.12. The van der Waals surface area contributed by atoms with Crippen LogP contribution in [0, 0.1) is 0 Å². The zero-order chi connectivity index (χ0) is 8.97. The predicted octanol–water partition coefficient (Wildman–Crippen LogP) is 0.444. The van der Waals surface area contributed by atoms with E-state index in [1.54, 1.807) is 0 Å². The first-order valence-corrected chi connectivity index (χ1v) is 4.74. The number of hydrogen-bond donors (Lipinski definition) is 1. The smallest absolute Gasteiger partial charge is 0.0702 e. The molecule has 1 saturated heterocycles. The van der Waals surface area contributed by atoms with Gasteiger partial charge in [0.15, 0.2) is 0 Å². The van der Waals surface area contributed by atoms with Gasteiger partial charge in [0.1, 0.15) is 0 Å². The van der Waals surface area contributed by atoms with E-state index in [0.29, 0.717) is 6.10 Å². The van der Waals surface area contributed by atoms with Gasteiger partial charge in [0, 0.05) is 25.7 Å². The van der Waals surface area contributed by atoms with Gasteiger partial charge in [-0.25, -0.2) is 0 Å². The second-order valence-corrected chi connectivity index (χ2v) is 3.83. The van der Waals surface area contributed by atoms with E-state index < -0.39 is 0 Å². The Hall–Kier alpha value is -0.120. The molecule has 0 amide bonds. The highest BCUT2D eigenvalue weighted by Gasteiger charge is 2.17. The molecular weight excluding hydrogens is 152 g/mol. The molecule has 0 aromatic heterocycles. The minimum atomic E-state index is 0.261. The summed E-state index contributed by atoms with van der Waals surface area (Å²) in [5.74, 6) is 0. The summed E-state index contributed by atoms with van der Waals surface area (Å²) in [4.78, 5) is 2.25. The molecule has 0 aromatic rings. The van der Waals surface area contributed by atoms with Crippen LogP contribution < -0.4 is 5.73 Å². The molecule has 1 aliphatic heterocycles. The van der Waals surface area contributed by atoms with Gasteiger partial charge >= 0.3 is 0 Å². The lowest BCUT2D eigenvalue weighted by atomic mass is 10.2. The van der Waals surface area contributed by atoms with E-state index in [4.69, 9.17) is 10.5 Å². The van der Waals surface area contributed by atoms with Crippen molar-refractivity contribution in [2.75, 3.05) is 26.7 Å². The highest BCUT2D eigenvalue weighted by atomic mass is 16.5. The van der Waals surface area contributed by atoms with Crippen LogP contribution in [0.3, 0.4) is 0 Å². The molecule has 1 aliphatic rings. The maximum Gasteiger partial charge on any atom is 0.0702 e. The summed E-state index contributed by atoms with van der Waals surface area (Å²) in [6.45, 7) is 4.96. The molecule has 0 spiro atoms. The Bertz CT molecular complexity index is 122. The molecule has 2 unspecified atom stereocenters. The van der Waals surface area contributed by atoms with Gasteiger partial charge in [0.25, 0.3) is 0 Å². The summed E-state index contributed by atoms with van der Waals surface area (Å²) in [5.41, 5.74) is 5.69. The molecule has 2 N–H and O–H groups in total. The van der Waals surface area contributed by atoms with Gasteiger partial charge in [0.2, 0.25) is 0 Å². The number of hydrogen-bond acceptors (Lipinski definition) is 3. The van der Waals surface area contributed by atoms with Gasteiger partial charge in [-0.15, -0.1) is 0 Å². The van der Waals surface area contributed by atoms with E-state index in [1.165, 1.54) is 12.8 Å². The van der Waals surface area contributed by atoms with E-state index in [2.05, 4.69) is 11.9 Å². The normalized spacial score (nSPS) is 26.5. The fourth-order valence-electron chi connectivity index (χ4n) is 1.70. The summed E-state index contributed by atoms with van der Waals surface area (Å²) in [6, 6.07) is 0.261. The monoisotopic (exact) mass is 172 g/mol.